The summed E-state index contributed by atoms with van der Waals surface area (Å²) in [6.45, 7) is 1.86. The number of methoxy groups -OCH3 is 2. The molecule has 0 unspecified atom stereocenters. The van der Waals surface area contributed by atoms with Gasteiger partial charge in [0.1, 0.15) is 22.7 Å². The summed E-state index contributed by atoms with van der Waals surface area (Å²) in [6, 6.07) is 8.96. The van der Waals surface area contributed by atoms with Crippen molar-refractivity contribution in [1.82, 2.24) is 14.5 Å². The largest absolute Gasteiger partial charge is 0.496 e. The summed E-state index contributed by atoms with van der Waals surface area (Å²) in [5.74, 6) is -0.0276. The Bertz CT molecular complexity index is 1170. The van der Waals surface area contributed by atoms with Gasteiger partial charge in [-0.2, -0.15) is 0 Å². The number of hydrogen-bond donors (Lipinski definition) is 1. The van der Waals surface area contributed by atoms with Crippen molar-refractivity contribution in [1.29, 1.82) is 0 Å². The van der Waals surface area contributed by atoms with Crippen molar-refractivity contribution in [3.05, 3.63) is 54.0 Å². The highest BCUT2D eigenvalue weighted by atomic mass is 16.5. The van der Waals surface area contributed by atoms with Crippen LogP contribution in [0.5, 0.6) is 11.5 Å². The number of ether oxygens (including phenoxy) is 2. The van der Waals surface area contributed by atoms with Crippen LogP contribution in [0, 0.1) is 6.92 Å². The topological polar surface area (TPSA) is 99.1 Å². The molecule has 0 bridgehead atoms. The predicted octanol–water partition coefficient (Wildman–Crippen LogP) is 3.68. The van der Waals surface area contributed by atoms with E-state index in [1.807, 2.05) is 35.7 Å². The quantitative estimate of drug-likeness (QED) is 0.565. The number of carboxylic acid groups (broad SMARTS) is 1. The summed E-state index contributed by atoms with van der Waals surface area (Å²) in [4.78, 5) is 16.0. The molecule has 0 aliphatic carbocycles. The fourth-order valence-electron chi connectivity index (χ4n) is 3.12. The molecule has 0 atom stereocenters. The van der Waals surface area contributed by atoms with Gasteiger partial charge in [-0.05, 0) is 31.2 Å². The van der Waals surface area contributed by atoms with Crippen molar-refractivity contribution in [3.8, 4) is 34.1 Å². The molecular weight excluding hydrogens is 362 g/mol. The van der Waals surface area contributed by atoms with Crippen LogP contribution in [0.3, 0.4) is 0 Å². The molecule has 3 aromatic heterocycles. The fraction of sp³-hybridized carbons (Fsp3) is 0.150. The van der Waals surface area contributed by atoms with Gasteiger partial charge in [-0.15, -0.1) is 0 Å². The molecule has 8 heteroatoms. The molecule has 4 rings (SSSR count). The second-order valence-corrected chi connectivity index (χ2v) is 6.18. The van der Waals surface area contributed by atoms with E-state index in [1.54, 1.807) is 18.3 Å². The Balaban J connectivity index is 1.84. The Labute approximate surface area is 159 Å². The number of pyridine rings is 1. The number of benzene rings is 1. The van der Waals surface area contributed by atoms with E-state index in [4.69, 9.17) is 14.0 Å². The lowest BCUT2D eigenvalue weighted by molar-refractivity contribution is 0.0689. The van der Waals surface area contributed by atoms with E-state index >= 15 is 0 Å². The third-order valence-electron chi connectivity index (χ3n) is 4.44. The summed E-state index contributed by atoms with van der Waals surface area (Å²) >= 11 is 0. The molecule has 8 nitrogen and oxygen atoms in total. The third kappa shape index (κ3) is 2.84. The van der Waals surface area contributed by atoms with Gasteiger partial charge < -0.3 is 19.1 Å². The highest BCUT2D eigenvalue weighted by Gasteiger charge is 2.21. The van der Waals surface area contributed by atoms with Crippen LogP contribution < -0.4 is 9.47 Å². The van der Waals surface area contributed by atoms with Crippen molar-refractivity contribution >= 4 is 11.6 Å². The summed E-state index contributed by atoms with van der Waals surface area (Å²) in [6.07, 6.45) is 3.58. The molecule has 4 aromatic rings. The van der Waals surface area contributed by atoms with Crippen LogP contribution in [0.1, 0.15) is 16.1 Å². The first-order chi connectivity index (χ1) is 13.5. The van der Waals surface area contributed by atoms with E-state index in [1.165, 1.54) is 14.2 Å². The lowest BCUT2D eigenvalue weighted by atomic mass is 10.1. The first kappa shape index (κ1) is 17.6. The highest BCUT2D eigenvalue weighted by Crippen LogP contribution is 2.35. The van der Waals surface area contributed by atoms with Crippen molar-refractivity contribution in [2.24, 2.45) is 0 Å². The number of aromatic nitrogens is 3. The molecule has 1 N–H and O–H groups in total. The maximum Gasteiger partial charge on any atom is 0.343 e. The molecule has 28 heavy (non-hydrogen) atoms. The lowest BCUT2D eigenvalue weighted by Gasteiger charge is -2.12. The standard InChI is InChI=1S/C20H17N3O5/c1-11-6-15(28-22-11)12-4-5-23-14(10-21-18(23)9-12)13-7-16(26-2)19(20(24)25)17(8-13)27-3/h4-10H,1-3H3,(H,24,25). The Kier molecular flexibility index (Phi) is 4.23. The predicted molar refractivity (Wildman–Crippen MR) is 101 cm³/mol. The number of hydrogen-bond acceptors (Lipinski definition) is 6. The third-order valence-corrected chi connectivity index (χ3v) is 4.44. The molecule has 1 aromatic carbocycles. The fourth-order valence-corrected chi connectivity index (χ4v) is 3.12. The van der Waals surface area contributed by atoms with Crippen LogP contribution in [0.4, 0.5) is 0 Å². The van der Waals surface area contributed by atoms with Gasteiger partial charge in [-0.1, -0.05) is 5.16 Å². The maximum absolute atomic E-state index is 11.6. The Morgan fingerprint density at radius 1 is 1.11 bits per heavy atom. The highest BCUT2D eigenvalue weighted by molar-refractivity contribution is 5.95. The zero-order valence-electron chi connectivity index (χ0n) is 15.5. The lowest BCUT2D eigenvalue weighted by Crippen LogP contribution is -2.04. The van der Waals surface area contributed by atoms with Gasteiger partial charge in [0.15, 0.2) is 5.76 Å². The molecule has 0 fully saturated rings. The van der Waals surface area contributed by atoms with Crippen molar-refractivity contribution in [2.45, 2.75) is 6.92 Å². The van der Waals surface area contributed by atoms with E-state index in [0.29, 0.717) is 11.4 Å². The van der Waals surface area contributed by atoms with Crippen LogP contribution >= 0.6 is 0 Å². The average Bonchev–Trinajstić information content (AvgIpc) is 3.32. The second kappa shape index (κ2) is 6.73. The van der Waals surface area contributed by atoms with Gasteiger partial charge in [0.05, 0.1) is 31.8 Å². The minimum atomic E-state index is -1.12. The van der Waals surface area contributed by atoms with Crippen molar-refractivity contribution in [3.63, 3.8) is 0 Å². The number of carboxylic acids is 1. The van der Waals surface area contributed by atoms with Crippen molar-refractivity contribution in [2.75, 3.05) is 14.2 Å². The van der Waals surface area contributed by atoms with Crippen LogP contribution in [0.25, 0.3) is 28.2 Å². The number of nitrogens with zero attached hydrogens (tertiary/aromatic N) is 3. The molecule has 0 radical (unpaired) electrons. The molecule has 0 amide bonds. The van der Waals surface area contributed by atoms with E-state index in [2.05, 4.69) is 10.1 Å². The number of carbonyl (C=O) groups is 1. The van der Waals surface area contributed by atoms with Crippen LogP contribution in [0.15, 0.2) is 47.2 Å². The summed E-state index contributed by atoms with van der Waals surface area (Å²) < 4.78 is 17.7. The monoisotopic (exact) mass is 379 g/mol. The number of rotatable bonds is 5. The van der Waals surface area contributed by atoms with Gasteiger partial charge in [-0.25, -0.2) is 9.78 Å². The Morgan fingerprint density at radius 3 is 2.39 bits per heavy atom. The van der Waals surface area contributed by atoms with Crippen LogP contribution in [0.2, 0.25) is 0 Å². The molecule has 0 spiro atoms. The molecular formula is C20H17N3O5. The SMILES string of the molecule is COc1cc(-c2cnc3cc(-c4cc(C)no4)ccn23)cc(OC)c1C(=O)O. The van der Waals surface area contributed by atoms with Crippen LogP contribution in [-0.2, 0) is 0 Å². The van der Waals surface area contributed by atoms with E-state index in [-0.39, 0.29) is 17.1 Å². The van der Waals surface area contributed by atoms with E-state index < -0.39 is 5.97 Å². The zero-order valence-corrected chi connectivity index (χ0v) is 15.5. The average molecular weight is 379 g/mol. The van der Waals surface area contributed by atoms with Gasteiger partial charge in [0, 0.05) is 23.4 Å². The van der Waals surface area contributed by atoms with Gasteiger partial charge in [-0.3, -0.25) is 4.40 Å². The minimum absolute atomic E-state index is 0.0226. The first-order valence-corrected chi connectivity index (χ1v) is 8.42. The minimum Gasteiger partial charge on any atom is -0.496 e. The van der Waals surface area contributed by atoms with E-state index in [0.717, 1.165) is 22.5 Å². The molecule has 142 valence electrons. The number of imidazole rings is 1. The van der Waals surface area contributed by atoms with E-state index in [9.17, 15) is 9.90 Å². The molecule has 0 aliphatic heterocycles. The Morgan fingerprint density at radius 2 is 1.82 bits per heavy atom. The number of aromatic carboxylic acids is 1. The smallest absolute Gasteiger partial charge is 0.343 e. The second-order valence-electron chi connectivity index (χ2n) is 6.18. The molecule has 0 saturated carbocycles. The summed E-state index contributed by atoms with van der Waals surface area (Å²) in [5, 5.41) is 13.4. The normalized spacial score (nSPS) is 11.0. The number of aryl methyl sites for hydroxylation is 1. The van der Waals surface area contributed by atoms with Crippen molar-refractivity contribution < 1.29 is 23.9 Å². The first-order valence-electron chi connectivity index (χ1n) is 8.42. The van der Waals surface area contributed by atoms with Gasteiger partial charge in [0.25, 0.3) is 0 Å². The summed E-state index contributed by atoms with van der Waals surface area (Å²) in [7, 11) is 2.84. The van der Waals surface area contributed by atoms with Gasteiger partial charge in [0.2, 0.25) is 0 Å². The summed E-state index contributed by atoms with van der Waals surface area (Å²) in [5.41, 5.74) is 3.84. The van der Waals surface area contributed by atoms with Crippen LogP contribution in [-0.4, -0.2) is 39.8 Å². The molecule has 3 heterocycles. The Hall–Kier alpha value is -3.81. The molecule has 0 aliphatic rings. The van der Waals surface area contributed by atoms with Gasteiger partial charge >= 0.3 is 5.97 Å². The molecule has 0 saturated heterocycles. The number of fused-ring (bicyclic) bond motifs is 1. The zero-order chi connectivity index (χ0) is 19.8. The maximum atomic E-state index is 11.6.